The Balaban J connectivity index is 2.06. The van der Waals surface area contributed by atoms with Crippen LogP contribution in [0.2, 0.25) is 0 Å². The monoisotopic (exact) mass is 303 g/mol. The zero-order valence-corrected chi connectivity index (χ0v) is 12.5. The van der Waals surface area contributed by atoms with Gasteiger partial charge in [0.1, 0.15) is 0 Å². The third-order valence-corrected chi connectivity index (χ3v) is 3.87. The fourth-order valence-electron chi connectivity index (χ4n) is 2.07. The molecule has 1 aromatic carbocycles. The van der Waals surface area contributed by atoms with E-state index in [1.165, 1.54) is 11.3 Å². The zero-order chi connectivity index (χ0) is 15.2. The fourth-order valence-corrected chi connectivity index (χ4v) is 2.79. The van der Waals surface area contributed by atoms with Crippen LogP contribution in [0.5, 0.6) is 0 Å². The molecule has 0 aliphatic heterocycles. The highest BCUT2D eigenvalue weighted by molar-refractivity contribution is 7.13. The number of rotatable bonds is 6. The first kappa shape index (κ1) is 15.2. The van der Waals surface area contributed by atoms with Gasteiger partial charge < -0.3 is 11.1 Å². The quantitative estimate of drug-likeness (QED) is 0.858. The van der Waals surface area contributed by atoms with Crippen molar-refractivity contribution < 1.29 is 9.59 Å². The molecule has 1 atom stereocenters. The number of nitrogens with zero attached hydrogens (tertiary/aromatic N) is 1. The van der Waals surface area contributed by atoms with E-state index in [0.29, 0.717) is 17.2 Å². The second-order valence-electron chi connectivity index (χ2n) is 4.65. The third kappa shape index (κ3) is 4.13. The van der Waals surface area contributed by atoms with Gasteiger partial charge in [-0.25, -0.2) is 4.98 Å². The molecule has 0 aliphatic rings. The maximum absolute atomic E-state index is 12.3. The van der Waals surface area contributed by atoms with Gasteiger partial charge in [0.2, 0.25) is 11.8 Å². The molecular weight excluding hydrogens is 286 g/mol. The lowest BCUT2D eigenvalue weighted by Crippen LogP contribution is -2.20. The normalized spacial score (nSPS) is 11.9. The summed E-state index contributed by atoms with van der Waals surface area (Å²) in [6.07, 6.45) is 0.789. The number of carbonyl (C=O) groups is 2. The van der Waals surface area contributed by atoms with E-state index in [0.717, 1.165) is 5.56 Å². The summed E-state index contributed by atoms with van der Waals surface area (Å²) >= 11 is 1.29. The van der Waals surface area contributed by atoms with Crippen LogP contribution in [-0.4, -0.2) is 16.8 Å². The van der Waals surface area contributed by atoms with Gasteiger partial charge in [-0.15, -0.1) is 11.3 Å². The van der Waals surface area contributed by atoms with Crippen LogP contribution in [0.1, 0.15) is 30.5 Å². The molecule has 0 aliphatic carbocycles. The molecular formula is C15H17N3O2S. The van der Waals surface area contributed by atoms with Crippen LogP contribution < -0.4 is 11.1 Å². The van der Waals surface area contributed by atoms with E-state index in [2.05, 4.69) is 10.3 Å². The highest BCUT2D eigenvalue weighted by Gasteiger charge is 2.19. The predicted molar refractivity (Wildman–Crippen MR) is 83.1 cm³/mol. The van der Waals surface area contributed by atoms with E-state index in [-0.39, 0.29) is 18.2 Å². The lowest BCUT2D eigenvalue weighted by Gasteiger charge is -2.14. The molecule has 0 saturated carbocycles. The summed E-state index contributed by atoms with van der Waals surface area (Å²) in [6.45, 7) is 1.97. The second-order valence-corrected chi connectivity index (χ2v) is 5.51. The molecule has 0 fully saturated rings. The van der Waals surface area contributed by atoms with Crippen molar-refractivity contribution in [3.8, 4) is 0 Å². The molecule has 0 bridgehead atoms. The largest absolute Gasteiger partial charge is 0.369 e. The van der Waals surface area contributed by atoms with Crippen molar-refractivity contribution in [2.45, 2.75) is 25.7 Å². The number of benzene rings is 1. The van der Waals surface area contributed by atoms with Gasteiger partial charge in [0.15, 0.2) is 5.13 Å². The molecule has 0 saturated heterocycles. The molecule has 110 valence electrons. The molecule has 3 N–H and O–H groups in total. The highest BCUT2D eigenvalue weighted by atomic mass is 32.1. The van der Waals surface area contributed by atoms with Gasteiger partial charge in [-0.3, -0.25) is 9.59 Å². The number of primary amides is 1. The van der Waals surface area contributed by atoms with E-state index in [9.17, 15) is 9.59 Å². The van der Waals surface area contributed by atoms with Crippen LogP contribution in [0.3, 0.4) is 0 Å². The molecule has 5 nitrogen and oxygen atoms in total. The number of anilines is 1. The van der Waals surface area contributed by atoms with Crippen LogP contribution in [0.25, 0.3) is 0 Å². The maximum Gasteiger partial charge on any atom is 0.233 e. The summed E-state index contributed by atoms with van der Waals surface area (Å²) in [6, 6.07) is 9.63. The Labute approximate surface area is 127 Å². The standard InChI is InChI=1S/C15H17N3O2S/c1-2-12(10-6-4-3-5-7-10)14(20)18-15-17-11(9-21-15)8-13(16)19/h3-7,9,12H,2,8H2,1H3,(H2,16,19)(H,17,18,20). The fraction of sp³-hybridized carbons (Fsp3) is 0.267. The minimum Gasteiger partial charge on any atom is -0.369 e. The number of nitrogens with one attached hydrogen (secondary N) is 1. The van der Waals surface area contributed by atoms with Gasteiger partial charge in [0.05, 0.1) is 18.0 Å². The summed E-state index contributed by atoms with van der Waals surface area (Å²) in [4.78, 5) is 27.4. The maximum atomic E-state index is 12.3. The van der Waals surface area contributed by atoms with Crippen LogP contribution in [-0.2, 0) is 16.0 Å². The number of amides is 2. The molecule has 2 rings (SSSR count). The Bertz CT molecular complexity index is 625. The number of thiazole rings is 1. The SMILES string of the molecule is CCC(C(=O)Nc1nc(CC(N)=O)cs1)c1ccccc1. The number of hydrogen-bond donors (Lipinski definition) is 2. The van der Waals surface area contributed by atoms with Gasteiger partial charge in [-0.05, 0) is 12.0 Å². The molecule has 0 radical (unpaired) electrons. The smallest absolute Gasteiger partial charge is 0.233 e. The Morgan fingerprint density at radius 3 is 2.67 bits per heavy atom. The number of carbonyl (C=O) groups excluding carboxylic acids is 2. The van der Waals surface area contributed by atoms with Gasteiger partial charge in [-0.2, -0.15) is 0 Å². The van der Waals surface area contributed by atoms with Crippen LogP contribution in [0.15, 0.2) is 35.7 Å². The van der Waals surface area contributed by atoms with Crippen LogP contribution >= 0.6 is 11.3 Å². The molecule has 1 heterocycles. The first-order valence-corrected chi connectivity index (χ1v) is 7.56. The number of aromatic nitrogens is 1. The first-order valence-electron chi connectivity index (χ1n) is 6.68. The van der Waals surface area contributed by atoms with Gasteiger partial charge in [-0.1, -0.05) is 37.3 Å². The first-order chi connectivity index (χ1) is 10.1. The van der Waals surface area contributed by atoms with E-state index < -0.39 is 5.91 Å². The average Bonchev–Trinajstić information content (AvgIpc) is 2.87. The van der Waals surface area contributed by atoms with E-state index in [1.54, 1.807) is 5.38 Å². The number of nitrogens with two attached hydrogens (primary N) is 1. The van der Waals surface area contributed by atoms with Crippen molar-refractivity contribution in [3.05, 3.63) is 47.0 Å². The molecule has 6 heteroatoms. The Morgan fingerprint density at radius 1 is 1.33 bits per heavy atom. The van der Waals surface area contributed by atoms with E-state index in [4.69, 9.17) is 5.73 Å². The summed E-state index contributed by atoms with van der Waals surface area (Å²) in [7, 11) is 0. The van der Waals surface area contributed by atoms with Crippen molar-refractivity contribution in [3.63, 3.8) is 0 Å². The van der Waals surface area contributed by atoms with E-state index in [1.807, 2.05) is 37.3 Å². The molecule has 0 spiro atoms. The topological polar surface area (TPSA) is 85.1 Å². The zero-order valence-electron chi connectivity index (χ0n) is 11.7. The average molecular weight is 303 g/mol. The van der Waals surface area contributed by atoms with Crippen molar-refractivity contribution in [1.29, 1.82) is 0 Å². The van der Waals surface area contributed by atoms with Crippen LogP contribution in [0.4, 0.5) is 5.13 Å². The molecule has 2 aromatic rings. The van der Waals surface area contributed by atoms with Gasteiger partial charge in [0, 0.05) is 5.38 Å². The Kier molecular flexibility index (Phi) is 5.05. The Hall–Kier alpha value is -2.21. The highest BCUT2D eigenvalue weighted by Crippen LogP contribution is 2.23. The second kappa shape index (κ2) is 6.99. The molecule has 1 unspecified atom stereocenters. The molecule has 1 aromatic heterocycles. The van der Waals surface area contributed by atoms with Gasteiger partial charge >= 0.3 is 0 Å². The van der Waals surface area contributed by atoms with Crippen molar-refractivity contribution in [2.75, 3.05) is 5.32 Å². The summed E-state index contributed by atoms with van der Waals surface area (Å²) in [5, 5.41) is 5.02. The summed E-state index contributed by atoms with van der Waals surface area (Å²) in [5.41, 5.74) is 6.68. The minimum absolute atomic E-state index is 0.0856. The lowest BCUT2D eigenvalue weighted by atomic mass is 9.96. The Morgan fingerprint density at radius 2 is 2.05 bits per heavy atom. The van der Waals surface area contributed by atoms with E-state index >= 15 is 0 Å². The summed E-state index contributed by atoms with van der Waals surface area (Å²) < 4.78 is 0. The van der Waals surface area contributed by atoms with Crippen molar-refractivity contribution >= 4 is 28.3 Å². The number of hydrogen-bond acceptors (Lipinski definition) is 4. The third-order valence-electron chi connectivity index (χ3n) is 3.06. The lowest BCUT2D eigenvalue weighted by molar-refractivity contribution is -0.118. The molecule has 2 amide bonds. The molecule has 21 heavy (non-hydrogen) atoms. The van der Waals surface area contributed by atoms with Crippen LogP contribution in [0, 0.1) is 0 Å². The summed E-state index contributed by atoms with van der Waals surface area (Å²) in [5.74, 6) is -0.743. The minimum atomic E-state index is -0.436. The van der Waals surface area contributed by atoms with Gasteiger partial charge in [0.25, 0.3) is 0 Å². The van der Waals surface area contributed by atoms with Crippen molar-refractivity contribution in [1.82, 2.24) is 4.98 Å². The van der Waals surface area contributed by atoms with Crippen molar-refractivity contribution in [2.24, 2.45) is 5.73 Å². The predicted octanol–water partition coefficient (Wildman–Crippen LogP) is 2.30.